The Morgan fingerprint density at radius 1 is 1.15 bits per heavy atom. The summed E-state index contributed by atoms with van der Waals surface area (Å²) >= 11 is 6.07. The van der Waals surface area contributed by atoms with Crippen LogP contribution in [0.4, 0.5) is 5.69 Å². The number of nitrogens with one attached hydrogen (secondary N) is 1. The second-order valence-corrected chi connectivity index (χ2v) is 8.61. The van der Waals surface area contributed by atoms with Gasteiger partial charge in [0.05, 0.1) is 23.6 Å². The molecular weight excluding hydrogens is 388 g/mol. The minimum absolute atomic E-state index is 0.0703. The lowest BCUT2D eigenvalue weighted by Crippen LogP contribution is -2.27. The van der Waals surface area contributed by atoms with Crippen LogP contribution in [0.3, 0.4) is 0 Å². The molecule has 27 heavy (non-hydrogen) atoms. The van der Waals surface area contributed by atoms with Crippen molar-refractivity contribution in [2.75, 3.05) is 32.1 Å². The molecule has 1 heterocycles. The van der Waals surface area contributed by atoms with Gasteiger partial charge in [0, 0.05) is 24.3 Å². The molecule has 2 aromatic rings. The molecular formula is C19H21ClN2O4S. The molecule has 1 saturated heterocycles. The van der Waals surface area contributed by atoms with Crippen molar-refractivity contribution in [2.24, 2.45) is 0 Å². The standard InChI is InChI=1S/C19H21ClN2O4S/c1-26-19-9-6-15(12-17(19)20)21-13-18(23)14-4-7-16(8-5-14)27(24,25)22-10-2-3-11-22/h4-9,12,21H,2-3,10-11,13H2,1H3. The second-order valence-electron chi connectivity index (χ2n) is 6.26. The highest BCUT2D eigenvalue weighted by Crippen LogP contribution is 2.27. The third-order valence-corrected chi connectivity index (χ3v) is 6.69. The topological polar surface area (TPSA) is 75.7 Å². The van der Waals surface area contributed by atoms with Gasteiger partial charge in [-0.1, -0.05) is 11.6 Å². The maximum atomic E-state index is 12.5. The van der Waals surface area contributed by atoms with Gasteiger partial charge in [0.2, 0.25) is 10.0 Å². The Labute approximate surface area is 164 Å². The zero-order chi connectivity index (χ0) is 19.4. The normalized spacial score (nSPS) is 14.9. The van der Waals surface area contributed by atoms with Crippen LogP contribution in [0.5, 0.6) is 5.75 Å². The van der Waals surface area contributed by atoms with Crippen molar-refractivity contribution in [1.29, 1.82) is 0 Å². The van der Waals surface area contributed by atoms with E-state index in [-0.39, 0.29) is 17.2 Å². The summed E-state index contributed by atoms with van der Waals surface area (Å²) in [6.45, 7) is 1.18. The number of ether oxygens (including phenoxy) is 1. The Bertz CT molecular complexity index is 923. The number of hydrogen-bond acceptors (Lipinski definition) is 5. The highest BCUT2D eigenvalue weighted by atomic mass is 35.5. The molecule has 0 aliphatic carbocycles. The molecule has 1 aliphatic rings. The molecule has 0 radical (unpaired) electrons. The monoisotopic (exact) mass is 408 g/mol. The molecule has 0 amide bonds. The molecule has 144 valence electrons. The first-order valence-electron chi connectivity index (χ1n) is 8.62. The quantitative estimate of drug-likeness (QED) is 0.710. The Morgan fingerprint density at radius 3 is 2.41 bits per heavy atom. The van der Waals surface area contributed by atoms with Crippen molar-refractivity contribution < 1.29 is 17.9 Å². The molecule has 1 aliphatic heterocycles. The minimum atomic E-state index is -3.47. The molecule has 6 nitrogen and oxygen atoms in total. The molecule has 3 rings (SSSR count). The lowest BCUT2D eigenvalue weighted by molar-refractivity contribution is 0.101. The van der Waals surface area contributed by atoms with Crippen LogP contribution in [0.15, 0.2) is 47.4 Å². The lowest BCUT2D eigenvalue weighted by Gasteiger charge is -2.15. The molecule has 0 unspecified atom stereocenters. The first kappa shape index (κ1) is 19.7. The summed E-state index contributed by atoms with van der Waals surface area (Å²) in [6.07, 6.45) is 1.77. The number of rotatable bonds is 7. The largest absolute Gasteiger partial charge is 0.495 e. The van der Waals surface area contributed by atoms with E-state index < -0.39 is 10.0 Å². The fourth-order valence-corrected chi connectivity index (χ4v) is 4.73. The predicted molar refractivity (Wildman–Crippen MR) is 105 cm³/mol. The summed E-state index contributed by atoms with van der Waals surface area (Å²) in [5, 5.41) is 3.46. The number of Topliss-reactive ketones (excluding diaryl/α,β-unsaturated/α-hetero) is 1. The second kappa shape index (κ2) is 8.29. The van der Waals surface area contributed by atoms with Gasteiger partial charge in [-0.3, -0.25) is 4.79 Å². The lowest BCUT2D eigenvalue weighted by atomic mass is 10.1. The zero-order valence-corrected chi connectivity index (χ0v) is 16.5. The number of carbonyl (C=O) groups excluding carboxylic acids is 1. The Kier molecular flexibility index (Phi) is 6.04. The summed E-state index contributed by atoms with van der Waals surface area (Å²) < 4.78 is 31.6. The van der Waals surface area contributed by atoms with Gasteiger partial charge in [-0.15, -0.1) is 0 Å². The van der Waals surface area contributed by atoms with Gasteiger partial charge < -0.3 is 10.1 Å². The Balaban J connectivity index is 1.64. The van der Waals surface area contributed by atoms with Gasteiger partial charge in [0.1, 0.15) is 5.75 Å². The van der Waals surface area contributed by atoms with Crippen LogP contribution < -0.4 is 10.1 Å². The van der Waals surface area contributed by atoms with Crippen molar-refractivity contribution in [3.8, 4) is 5.75 Å². The fraction of sp³-hybridized carbons (Fsp3) is 0.316. The fourth-order valence-electron chi connectivity index (χ4n) is 2.95. The molecule has 0 atom stereocenters. The van der Waals surface area contributed by atoms with Crippen LogP contribution in [-0.2, 0) is 10.0 Å². The van der Waals surface area contributed by atoms with Crippen LogP contribution in [0.25, 0.3) is 0 Å². The van der Waals surface area contributed by atoms with Crippen LogP contribution >= 0.6 is 11.6 Å². The van der Waals surface area contributed by atoms with E-state index in [0.29, 0.717) is 35.1 Å². The highest BCUT2D eigenvalue weighted by Gasteiger charge is 2.27. The average molecular weight is 409 g/mol. The van der Waals surface area contributed by atoms with Crippen molar-refractivity contribution in [2.45, 2.75) is 17.7 Å². The third kappa shape index (κ3) is 4.43. The van der Waals surface area contributed by atoms with Gasteiger partial charge in [-0.25, -0.2) is 8.42 Å². The summed E-state index contributed by atoms with van der Waals surface area (Å²) in [5.41, 5.74) is 1.14. The molecule has 0 bridgehead atoms. The molecule has 0 aromatic heterocycles. The number of ketones is 1. The number of halogens is 1. The first-order valence-corrected chi connectivity index (χ1v) is 10.4. The number of carbonyl (C=O) groups is 1. The number of benzene rings is 2. The van der Waals surface area contributed by atoms with E-state index in [1.54, 1.807) is 30.3 Å². The maximum Gasteiger partial charge on any atom is 0.243 e. The van der Waals surface area contributed by atoms with Crippen LogP contribution in [-0.4, -0.2) is 45.3 Å². The van der Waals surface area contributed by atoms with E-state index in [1.807, 2.05) is 0 Å². The van der Waals surface area contributed by atoms with Crippen molar-refractivity contribution in [1.82, 2.24) is 4.31 Å². The number of nitrogens with zero attached hydrogens (tertiary/aromatic N) is 1. The number of sulfonamides is 1. The maximum absolute atomic E-state index is 12.5. The number of hydrogen-bond donors (Lipinski definition) is 1. The predicted octanol–water partition coefficient (Wildman–Crippen LogP) is 3.43. The van der Waals surface area contributed by atoms with Gasteiger partial charge in [0.15, 0.2) is 5.78 Å². The van der Waals surface area contributed by atoms with E-state index in [2.05, 4.69) is 5.32 Å². The average Bonchev–Trinajstić information content (AvgIpc) is 3.22. The molecule has 1 fully saturated rings. The van der Waals surface area contributed by atoms with Crippen molar-refractivity contribution in [3.05, 3.63) is 53.1 Å². The Morgan fingerprint density at radius 2 is 1.81 bits per heavy atom. The van der Waals surface area contributed by atoms with Gasteiger partial charge in [-0.2, -0.15) is 4.31 Å². The minimum Gasteiger partial charge on any atom is -0.495 e. The van der Waals surface area contributed by atoms with Crippen LogP contribution in [0, 0.1) is 0 Å². The van der Waals surface area contributed by atoms with Crippen LogP contribution in [0.1, 0.15) is 23.2 Å². The summed E-state index contributed by atoms with van der Waals surface area (Å²) in [4.78, 5) is 12.6. The molecule has 8 heteroatoms. The Hall–Kier alpha value is -2.09. The van der Waals surface area contributed by atoms with E-state index in [1.165, 1.54) is 23.5 Å². The molecule has 2 aromatic carbocycles. The summed E-state index contributed by atoms with van der Waals surface area (Å²) in [6, 6.07) is 11.2. The highest BCUT2D eigenvalue weighted by molar-refractivity contribution is 7.89. The van der Waals surface area contributed by atoms with Crippen LogP contribution in [0.2, 0.25) is 5.02 Å². The molecule has 0 spiro atoms. The number of anilines is 1. The molecule has 1 N–H and O–H groups in total. The van der Waals surface area contributed by atoms with E-state index in [0.717, 1.165) is 12.8 Å². The van der Waals surface area contributed by atoms with Crippen molar-refractivity contribution in [3.63, 3.8) is 0 Å². The van der Waals surface area contributed by atoms with E-state index in [4.69, 9.17) is 16.3 Å². The van der Waals surface area contributed by atoms with Gasteiger partial charge in [0.25, 0.3) is 0 Å². The summed E-state index contributed by atoms with van der Waals surface area (Å²) in [5.74, 6) is 0.412. The summed E-state index contributed by atoms with van der Waals surface area (Å²) in [7, 11) is -1.93. The smallest absolute Gasteiger partial charge is 0.243 e. The van der Waals surface area contributed by atoms with E-state index in [9.17, 15) is 13.2 Å². The SMILES string of the molecule is COc1ccc(NCC(=O)c2ccc(S(=O)(=O)N3CCCC3)cc2)cc1Cl. The molecule has 0 saturated carbocycles. The first-order chi connectivity index (χ1) is 12.9. The van der Waals surface area contributed by atoms with Gasteiger partial charge in [-0.05, 0) is 55.3 Å². The third-order valence-electron chi connectivity index (χ3n) is 4.48. The zero-order valence-electron chi connectivity index (χ0n) is 14.9. The van der Waals surface area contributed by atoms with E-state index >= 15 is 0 Å². The number of methoxy groups -OCH3 is 1. The van der Waals surface area contributed by atoms with Gasteiger partial charge >= 0.3 is 0 Å². The van der Waals surface area contributed by atoms with Crippen molar-refractivity contribution >= 4 is 33.1 Å².